The fourth-order valence-corrected chi connectivity index (χ4v) is 1.66. The Morgan fingerprint density at radius 2 is 2.00 bits per heavy atom. The fourth-order valence-electron chi connectivity index (χ4n) is 1.66. The van der Waals surface area contributed by atoms with Gasteiger partial charge in [0.25, 0.3) is 0 Å². The van der Waals surface area contributed by atoms with Crippen molar-refractivity contribution in [2.75, 3.05) is 0 Å². The number of aromatic nitrogens is 3. The second-order valence-corrected chi connectivity index (χ2v) is 4.95. The average Bonchev–Trinajstić information content (AvgIpc) is 2.82. The molecule has 4 heteroatoms. The minimum Gasteiger partial charge on any atom is -0.388 e. The van der Waals surface area contributed by atoms with Crippen LogP contribution in [0.2, 0.25) is 0 Å². The van der Waals surface area contributed by atoms with E-state index in [-0.39, 0.29) is 12.0 Å². The van der Waals surface area contributed by atoms with Crippen molar-refractivity contribution >= 4 is 0 Å². The summed E-state index contributed by atoms with van der Waals surface area (Å²) in [6, 6.07) is 0.529. The lowest BCUT2D eigenvalue weighted by atomic mass is 9.95. The van der Waals surface area contributed by atoms with Gasteiger partial charge >= 0.3 is 0 Å². The van der Waals surface area contributed by atoms with E-state index in [0.717, 1.165) is 5.82 Å². The van der Waals surface area contributed by atoms with Gasteiger partial charge in [-0.05, 0) is 12.8 Å². The zero-order valence-corrected chi connectivity index (χ0v) is 8.99. The molecule has 0 spiro atoms. The molecule has 1 aliphatic carbocycles. The first kappa shape index (κ1) is 9.65. The molecule has 1 saturated carbocycles. The van der Waals surface area contributed by atoms with Gasteiger partial charge < -0.3 is 9.67 Å². The third-order valence-electron chi connectivity index (χ3n) is 2.49. The number of aliphatic hydroxyl groups is 1. The van der Waals surface area contributed by atoms with E-state index in [2.05, 4.69) is 35.5 Å². The second-order valence-electron chi connectivity index (χ2n) is 4.95. The first-order valence-corrected chi connectivity index (χ1v) is 5.09. The molecule has 4 nitrogen and oxygen atoms in total. The number of aliphatic hydroxyl groups excluding tert-OH is 1. The van der Waals surface area contributed by atoms with Crippen LogP contribution in [0.4, 0.5) is 0 Å². The van der Waals surface area contributed by atoms with Gasteiger partial charge in [0, 0.05) is 11.5 Å². The van der Waals surface area contributed by atoms with Gasteiger partial charge in [0.15, 0.2) is 5.82 Å². The van der Waals surface area contributed by atoms with Crippen LogP contribution < -0.4 is 0 Å². The molecule has 14 heavy (non-hydrogen) atoms. The van der Waals surface area contributed by atoms with Gasteiger partial charge in [0.1, 0.15) is 12.4 Å². The first-order chi connectivity index (χ1) is 6.54. The Bertz CT molecular complexity index is 334. The van der Waals surface area contributed by atoms with Crippen LogP contribution in [-0.4, -0.2) is 19.9 Å². The van der Waals surface area contributed by atoms with Gasteiger partial charge in [0.2, 0.25) is 0 Å². The van der Waals surface area contributed by atoms with Crippen molar-refractivity contribution in [2.45, 2.75) is 51.7 Å². The quantitative estimate of drug-likeness (QED) is 0.776. The number of hydrogen-bond acceptors (Lipinski definition) is 3. The van der Waals surface area contributed by atoms with E-state index in [4.69, 9.17) is 5.11 Å². The van der Waals surface area contributed by atoms with Crippen LogP contribution in [0.1, 0.15) is 51.3 Å². The lowest BCUT2D eigenvalue weighted by Crippen LogP contribution is -2.19. The van der Waals surface area contributed by atoms with Crippen LogP contribution in [0, 0.1) is 0 Å². The molecule has 1 aromatic rings. The summed E-state index contributed by atoms with van der Waals surface area (Å²) < 4.78 is 2.11. The fraction of sp³-hybridized carbons (Fsp3) is 0.800. The number of hydrogen-bond donors (Lipinski definition) is 1. The molecule has 0 aliphatic heterocycles. The van der Waals surface area contributed by atoms with E-state index < -0.39 is 0 Å². The molecule has 0 saturated heterocycles. The monoisotopic (exact) mass is 195 g/mol. The van der Waals surface area contributed by atoms with Crippen LogP contribution in [0.5, 0.6) is 0 Å². The van der Waals surface area contributed by atoms with Crippen LogP contribution in [0.3, 0.4) is 0 Å². The van der Waals surface area contributed by atoms with Gasteiger partial charge in [-0.15, -0.1) is 10.2 Å². The molecule has 1 aliphatic rings. The molecule has 0 amide bonds. The molecule has 0 aromatic carbocycles. The molecule has 0 bridgehead atoms. The third-order valence-corrected chi connectivity index (χ3v) is 2.49. The van der Waals surface area contributed by atoms with Crippen LogP contribution in [-0.2, 0) is 12.0 Å². The molecular weight excluding hydrogens is 178 g/mol. The van der Waals surface area contributed by atoms with E-state index in [1.54, 1.807) is 0 Å². The topological polar surface area (TPSA) is 50.9 Å². The molecule has 2 rings (SSSR count). The maximum atomic E-state index is 9.15. The molecular formula is C10H17N3O. The third kappa shape index (κ3) is 1.54. The van der Waals surface area contributed by atoms with Gasteiger partial charge in [-0.3, -0.25) is 0 Å². The molecule has 0 atom stereocenters. The summed E-state index contributed by atoms with van der Waals surface area (Å²) in [5.74, 6) is 1.70. The van der Waals surface area contributed by atoms with Gasteiger partial charge in [-0.25, -0.2) is 0 Å². The van der Waals surface area contributed by atoms with Crippen LogP contribution in [0.15, 0.2) is 0 Å². The second kappa shape index (κ2) is 3.05. The largest absolute Gasteiger partial charge is 0.388 e. The zero-order chi connectivity index (χ0) is 10.3. The summed E-state index contributed by atoms with van der Waals surface area (Å²) in [5.41, 5.74) is 0.00299. The summed E-state index contributed by atoms with van der Waals surface area (Å²) in [5, 5.41) is 17.3. The number of nitrogens with zero attached hydrogens (tertiary/aromatic N) is 3. The van der Waals surface area contributed by atoms with Crippen molar-refractivity contribution in [3.63, 3.8) is 0 Å². The van der Waals surface area contributed by atoms with Gasteiger partial charge in [-0.1, -0.05) is 20.8 Å². The predicted molar refractivity (Wildman–Crippen MR) is 52.9 cm³/mol. The lowest BCUT2D eigenvalue weighted by molar-refractivity contribution is 0.263. The minimum atomic E-state index is -0.0143. The normalized spacial score (nSPS) is 17.4. The molecule has 1 aromatic heterocycles. The van der Waals surface area contributed by atoms with Crippen molar-refractivity contribution in [1.82, 2.24) is 14.8 Å². The van der Waals surface area contributed by atoms with Crippen molar-refractivity contribution < 1.29 is 5.11 Å². The Hall–Kier alpha value is -0.900. The Labute approximate surface area is 84.0 Å². The van der Waals surface area contributed by atoms with Crippen LogP contribution in [0.25, 0.3) is 0 Å². The van der Waals surface area contributed by atoms with E-state index in [9.17, 15) is 0 Å². The van der Waals surface area contributed by atoms with Crippen molar-refractivity contribution in [1.29, 1.82) is 0 Å². The number of rotatable bonds is 2. The smallest absolute Gasteiger partial charge is 0.159 e. The van der Waals surface area contributed by atoms with E-state index in [1.807, 2.05) is 0 Å². The summed E-state index contributed by atoms with van der Waals surface area (Å²) in [6.07, 6.45) is 2.38. The van der Waals surface area contributed by atoms with E-state index >= 15 is 0 Å². The minimum absolute atomic E-state index is 0.00299. The SMILES string of the molecule is CC(C)(C)c1nnc(CO)n1C1CC1. The van der Waals surface area contributed by atoms with Gasteiger partial charge in [-0.2, -0.15) is 0 Å². The Morgan fingerprint density at radius 1 is 1.36 bits per heavy atom. The highest BCUT2D eigenvalue weighted by molar-refractivity contribution is 5.09. The van der Waals surface area contributed by atoms with E-state index in [0.29, 0.717) is 11.9 Å². The summed E-state index contributed by atoms with van der Waals surface area (Å²) in [4.78, 5) is 0. The molecule has 1 heterocycles. The molecule has 1 fully saturated rings. The highest BCUT2D eigenvalue weighted by atomic mass is 16.3. The predicted octanol–water partition coefficient (Wildman–Crippen LogP) is 1.40. The summed E-state index contributed by atoms with van der Waals surface area (Å²) in [7, 11) is 0. The van der Waals surface area contributed by atoms with Crippen molar-refractivity contribution in [3.8, 4) is 0 Å². The molecule has 0 unspecified atom stereocenters. The Morgan fingerprint density at radius 3 is 2.43 bits per heavy atom. The highest BCUT2D eigenvalue weighted by Crippen LogP contribution is 2.38. The molecule has 78 valence electrons. The molecule has 1 N–H and O–H groups in total. The summed E-state index contributed by atoms with van der Waals surface area (Å²) >= 11 is 0. The van der Waals surface area contributed by atoms with Gasteiger partial charge in [0.05, 0.1) is 0 Å². The first-order valence-electron chi connectivity index (χ1n) is 5.09. The standard InChI is InChI=1S/C10H17N3O/c1-10(2,3)9-12-11-8(6-14)13(9)7-4-5-7/h7,14H,4-6H2,1-3H3. The highest BCUT2D eigenvalue weighted by Gasteiger charge is 2.33. The van der Waals surface area contributed by atoms with Crippen molar-refractivity contribution in [2.24, 2.45) is 0 Å². The zero-order valence-electron chi connectivity index (χ0n) is 8.99. The van der Waals surface area contributed by atoms with Crippen LogP contribution >= 0.6 is 0 Å². The Balaban J connectivity index is 2.44. The van der Waals surface area contributed by atoms with Crippen molar-refractivity contribution in [3.05, 3.63) is 11.6 Å². The maximum absolute atomic E-state index is 9.15. The van der Waals surface area contributed by atoms with E-state index in [1.165, 1.54) is 12.8 Å². The Kier molecular flexibility index (Phi) is 2.10. The molecule has 0 radical (unpaired) electrons. The maximum Gasteiger partial charge on any atom is 0.159 e. The summed E-state index contributed by atoms with van der Waals surface area (Å²) in [6.45, 7) is 6.35. The average molecular weight is 195 g/mol. The lowest BCUT2D eigenvalue weighted by Gasteiger charge is -2.19.